The summed E-state index contributed by atoms with van der Waals surface area (Å²) in [6.45, 7) is 3.42. The number of carbonyl (C=O) groups is 2. The first kappa shape index (κ1) is 17.9. The first-order valence-electron chi connectivity index (χ1n) is 7.93. The molecular formula is C18H18N2O5S. The number of amides is 1. The summed E-state index contributed by atoms with van der Waals surface area (Å²) in [7, 11) is 1.58. The van der Waals surface area contributed by atoms with E-state index in [9.17, 15) is 9.59 Å². The van der Waals surface area contributed by atoms with Crippen LogP contribution in [0.4, 0.5) is 0 Å². The number of carboxylic acid groups (broad SMARTS) is 1. The molecule has 1 amide bonds. The van der Waals surface area contributed by atoms with Crippen molar-refractivity contribution < 1.29 is 23.8 Å². The summed E-state index contributed by atoms with van der Waals surface area (Å²) in [5.41, 5.74) is 1.88. The molecule has 2 aromatic heterocycles. The van der Waals surface area contributed by atoms with E-state index in [2.05, 4.69) is 10.3 Å². The van der Waals surface area contributed by atoms with E-state index in [4.69, 9.17) is 14.3 Å². The van der Waals surface area contributed by atoms with Gasteiger partial charge in [0.15, 0.2) is 0 Å². The topological polar surface area (TPSA) is 102 Å². The Hall–Kier alpha value is -2.87. The van der Waals surface area contributed by atoms with Crippen molar-refractivity contribution in [2.75, 3.05) is 7.11 Å². The average molecular weight is 374 g/mol. The van der Waals surface area contributed by atoms with Gasteiger partial charge in [0.25, 0.3) is 0 Å². The summed E-state index contributed by atoms with van der Waals surface area (Å²) in [6, 6.07) is 5.06. The standard InChI is InChI=1S/C18H18N2O5S/c1-9-16(18(22)23)26-17(20-9)10(2)19-15(21)6-11-8-25-14-7-12(24-3)4-5-13(11)14/h4-5,7-8,10H,6H2,1-3H3,(H,19,21)(H,22,23). The minimum absolute atomic E-state index is 0.153. The summed E-state index contributed by atoms with van der Waals surface area (Å²) < 4.78 is 10.6. The van der Waals surface area contributed by atoms with Crippen LogP contribution in [0.1, 0.15) is 38.9 Å². The van der Waals surface area contributed by atoms with Crippen LogP contribution >= 0.6 is 11.3 Å². The lowest BCUT2D eigenvalue weighted by molar-refractivity contribution is -0.121. The van der Waals surface area contributed by atoms with E-state index in [0.29, 0.717) is 22.0 Å². The molecule has 8 heteroatoms. The lowest BCUT2D eigenvalue weighted by Gasteiger charge is -2.10. The number of nitrogens with one attached hydrogen (secondary N) is 1. The number of methoxy groups -OCH3 is 1. The third-order valence-corrected chi connectivity index (χ3v) is 5.30. The molecule has 0 radical (unpaired) electrons. The quantitative estimate of drug-likeness (QED) is 0.686. The van der Waals surface area contributed by atoms with Crippen LogP contribution in [-0.2, 0) is 11.2 Å². The molecule has 2 N–H and O–H groups in total. The monoisotopic (exact) mass is 374 g/mol. The van der Waals surface area contributed by atoms with Gasteiger partial charge in [-0.3, -0.25) is 4.79 Å². The number of benzene rings is 1. The van der Waals surface area contributed by atoms with Gasteiger partial charge < -0.3 is 19.6 Å². The smallest absolute Gasteiger partial charge is 0.347 e. The number of aromatic carboxylic acids is 1. The Morgan fingerprint density at radius 2 is 2.19 bits per heavy atom. The first-order chi connectivity index (χ1) is 12.4. The maximum atomic E-state index is 12.4. The average Bonchev–Trinajstić information content (AvgIpc) is 3.18. The van der Waals surface area contributed by atoms with Crippen molar-refractivity contribution in [3.05, 3.63) is 45.6 Å². The van der Waals surface area contributed by atoms with Crippen LogP contribution in [0.3, 0.4) is 0 Å². The van der Waals surface area contributed by atoms with Crippen molar-refractivity contribution >= 4 is 34.2 Å². The van der Waals surface area contributed by atoms with E-state index >= 15 is 0 Å². The highest BCUT2D eigenvalue weighted by Crippen LogP contribution is 2.27. The van der Waals surface area contributed by atoms with Crippen LogP contribution in [0.25, 0.3) is 11.0 Å². The molecule has 0 aliphatic carbocycles. The number of aryl methyl sites for hydroxylation is 1. The Balaban J connectivity index is 1.71. The van der Waals surface area contributed by atoms with Crippen molar-refractivity contribution in [2.24, 2.45) is 0 Å². The van der Waals surface area contributed by atoms with Gasteiger partial charge in [0.1, 0.15) is 21.2 Å². The predicted octanol–water partition coefficient (Wildman–Crippen LogP) is 3.32. The molecular weight excluding hydrogens is 356 g/mol. The molecule has 136 valence electrons. The Morgan fingerprint density at radius 3 is 2.85 bits per heavy atom. The number of ether oxygens (including phenoxy) is 1. The van der Waals surface area contributed by atoms with Gasteiger partial charge in [-0.2, -0.15) is 0 Å². The van der Waals surface area contributed by atoms with Crippen LogP contribution in [-0.4, -0.2) is 29.1 Å². The van der Waals surface area contributed by atoms with E-state index < -0.39 is 5.97 Å². The first-order valence-corrected chi connectivity index (χ1v) is 8.74. The second-order valence-electron chi connectivity index (χ2n) is 5.86. The predicted molar refractivity (Wildman–Crippen MR) is 96.8 cm³/mol. The Bertz CT molecular complexity index is 975. The minimum Gasteiger partial charge on any atom is -0.497 e. The molecule has 7 nitrogen and oxygen atoms in total. The second-order valence-corrected chi connectivity index (χ2v) is 6.89. The zero-order valence-corrected chi connectivity index (χ0v) is 15.3. The van der Waals surface area contributed by atoms with Crippen molar-refractivity contribution in [3.8, 4) is 5.75 Å². The summed E-state index contributed by atoms with van der Waals surface area (Å²) >= 11 is 1.07. The van der Waals surface area contributed by atoms with Crippen LogP contribution < -0.4 is 10.1 Å². The van der Waals surface area contributed by atoms with Crippen LogP contribution in [0.2, 0.25) is 0 Å². The summed E-state index contributed by atoms with van der Waals surface area (Å²) in [4.78, 5) is 27.9. The fourth-order valence-electron chi connectivity index (χ4n) is 2.66. The highest BCUT2D eigenvalue weighted by Gasteiger charge is 2.20. The van der Waals surface area contributed by atoms with Crippen molar-refractivity contribution in [2.45, 2.75) is 26.3 Å². The molecule has 0 bridgehead atoms. The molecule has 1 unspecified atom stereocenters. The molecule has 3 rings (SSSR count). The SMILES string of the molecule is COc1ccc2c(CC(=O)NC(C)c3nc(C)c(C(=O)O)s3)coc2c1. The van der Waals surface area contributed by atoms with E-state index in [0.717, 1.165) is 22.3 Å². The van der Waals surface area contributed by atoms with Gasteiger partial charge >= 0.3 is 5.97 Å². The summed E-state index contributed by atoms with van der Waals surface area (Å²) in [5.74, 6) is -0.518. The largest absolute Gasteiger partial charge is 0.497 e. The van der Waals surface area contributed by atoms with Gasteiger partial charge in [0.2, 0.25) is 5.91 Å². The third kappa shape index (κ3) is 3.55. The van der Waals surface area contributed by atoms with Gasteiger partial charge in [0.05, 0.1) is 31.5 Å². The Morgan fingerprint density at radius 1 is 1.42 bits per heavy atom. The Labute approximate surface area is 153 Å². The molecule has 0 spiro atoms. The van der Waals surface area contributed by atoms with Gasteiger partial charge in [-0.05, 0) is 26.0 Å². The zero-order chi connectivity index (χ0) is 18.8. The number of carbonyl (C=O) groups excluding carboxylic acids is 1. The van der Waals surface area contributed by atoms with Crippen molar-refractivity contribution in [1.29, 1.82) is 0 Å². The number of fused-ring (bicyclic) bond motifs is 1. The maximum Gasteiger partial charge on any atom is 0.347 e. The zero-order valence-electron chi connectivity index (χ0n) is 14.5. The maximum absolute atomic E-state index is 12.4. The minimum atomic E-state index is -1.01. The number of rotatable bonds is 6. The number of aromatic nitrogens is 1. The molecule has 26 heavy (non-hydrogen) atoms. The molecule has 2 heterocycles. The number of thiazole rings is 1. The fraction of sp³-hybridized carbons (Fsp3) is 0.278. The fourth-order valence-corrected chi connectivity index (χ4v) is 3.56. The highest BCUT2D eigenvalue weighted by molar-refractivity contribution is 7.13. The van der Waals surface area contributed by atoms with Crippen LogP contribution in [0, 0.1) is 6.92 Å². The van der Waals surface area contributed by atoms with Crippen molar-refractivity contribution in [3.63, 3.8) is 0 Å². The molecule has 3 aromatic rings. The van der Waals surface area contributed by atoms with Gasteiger partial charge in [-0.1, -0.05) is 0 Å². The van der Waals surface area contributed by atoms with Gasteiger partial charge in [-0.15, -0.1) is 11.3 Å². The molecule has 0 aliphatic rings. The highest BCUT2D eigenvalue weighted by atomic mass is 32.1. The van der Waals surface area contributed by atoms with Crippen molar-refractivity contribution in [1.82, 2.24) is 10.3 Å². The molecule has 1 atom stereocenters. The number of furan rings is 1. The van der Waals surface area contributed by atoms with Crippen LogP contribution in [0.5, 0.6) is 5.75 Å². The van der Waals surface area contributed by atoms with E-state index in [1.807, 2.05) is 12.1 Å². The van der Waals surface area contributed by atoms with E-state index in [1.165, 1.54) is 0 Å². The third-order valence-electron chi connectivity index (χ3n) is 3.97. The lowest BCUT2D eigenvalue weighted by Crippen LogP contribution is -2.28. The number of nitrogens with zero attached hydrogens (tertiary/aromatic N) is 1. The second kappa shape index (κ2) is 7.17. The molecule has 0 saturated heterocycles. The van der Waals surface area contributed by atoms with Gasteiger partial charge in [-0.25, -0.2) is 9.78 Å². The number of carboxylic acids is 1. The summed E-state index contributed by atoms with van der Waals surface area (Å²) in [6.07, 6.45) is 1.71. The molecule has 0 fully saturated rings. The molecule has 1 aromatic carbocycles. The number of hydrogen-bond acceptors (Lipinski definition) is 6. The van der Waals surface area contributed by atoms with E-state index in [-0.39, 0.29) is 23.2 Å². The van der Waals surface area contributed by atoms with Gasteiger partial charge in [0, 0.05) is 17.0 Å². The van der Waals surface area contributed by atoms with E-state index in [1.54, 1.807) is 33.3 Å². The Kier molecular flexibility index (Phi) is 4.94. The normalized spacial score (nSPS) is 12.1. The lowest BCUT2D eigenvalue weighted by atomic mass is 10.1. The molecule has 0 aliphatic heterocycles. The van der Waals surface area contributed by atoms with Crippen LogP contribution in [0.15, 0.2) is 28.9 Å². The molecule has 0 saturated carbocycles. The summed E-state index contributed by atoms with van der Waals surface area (Å²) in [5, 5.41) is 13.4. The number of hydrogen-bond donors (Lipinski definition) is 2.